The van der Waals surface area contributed by atoms with Crippen LogP contribution < -0.4 is 0 Å². The largest absolute Gasteiger partial charge is 0.320 e. The Kier molecular flexibility index (Phi) is 5.01. The first-order valence-corrected chi connectivity index (χ1v) is 11.2. The number of halogens is 1. The molecule has 0 amide bonds. The molecular weight excluding hydrogens is 414 g/mol. The van der Waals surface area contributed by atoms with E-state index in [4.69, 9.17) is 26.9 Å². The number of benzene rings is 1. The van der Waals surface area contributed by atoms with Gasteiger partial charge >= 0.3 is 0 Å². The zero-order valence-corrected chi connectivity index (χ0v) is 18.1. The summed E-state index contributed by atoms with van der Waals surface area (Å²) in [5.41, 5.74) is 3.43. The minimum atomic E-state index is 0.289. The van der Waals surface area contributed by atoms with Gasteiger partial charge in [-0.05, 0) is 43.5 Å². The Bertz CT molecular complexity index is 1190. The van der Waals surface area contributed by atoms with E-state index in [1.807, 2.05) is 49.7 Å². The van der Waals surface area contributed by atoms with E-state index < -0.39 is 0 Å². The first kappa shape index (κ1) is 19.2. The second-order valence-electron chi connectivity index (χ2n) is 7.59. The van der Waals surface area contributed by atoms with Crippen molar-refractivity contribution in [3.63, 3.8) is 0 Å². The first-order chi connectivity index (χ1) is 14.6. The standard InChI is InChI=1S/C23H20ClN5S/c1-28-22(20-12-13-29(27-20)18-8-9-18)26-21(16-4-2-15(14-25)3-5-16)23(28)30-19-10-6-17(24)7-11-19/h2-7,10,12-13,18-19H,8-9,11H2,1H3. The minimum Gasteiger partial charge on any atom is -0.320 e. The van der Waals surface area contributed by atoms with Gasteiger partial charge in [-0.15, -0.1) is 0 Å². The van der Waals surface area contributed by atoms with Crippen LogP contribution in [0.3, 0.4) is 0 Å². The molecule has 2 heterocycles. The van der Waals surface area contributed by atoms with Crippen LogP contribution >= 0.6 is 23.4 Å². The van der Waals surface area contributed by atoms with Gasteiger partial charge in [-0.2, -0.15) is 10.4 Å². The summed E-state index contributed by atoms with van der Waals surface area (Å²) >= 11 is 7.88. The Hall–Kier alpha value is -2.75. The van der Waals surface area contributed by atoms with E-state index in [9.17, 15) is 0 Å². The van der Waals surface area contributed by atoms with Crippen molar-refractivity contribution in [2.75, 3.05) is 0 Å². The second-order valence-corrected chi connectivity index (χ2v) is 9.25. The molecule has 2 aliphatic rings. The van der Waals surface area contributed by atoms with E-state index in [1.165, 1.54) is 12.8 Å². The third-order valence-corrected chi connectivity index (χ3v) is 6.99. The summed E-state index contributed by atoms with van der Waals surface area (Å²) in [5, 5.41) is 16.1. The molecule has 1 atom stereocenters. The summed E-state index contributed by atoms with van der Waals surface area (Å²) in [6.45, 7) is 0. The van der Waals surface area contributed by atoms with Gasteiger partial charge in [0.1, 0.15) is 16.4 Å². The van der Waals surface area contributed by atoms with Gasteiger partial charge in [0.05, 0.1) is 17.7 Å². The molecule has 5 rings (SSSR count). The van der Waals surface area contributed by atoms with E-state index in [0.29, 0.717) is 11.6 Å². The van der Waals surface area contributed by atoms with Crippen molar-refractivity contribution in [3.8, 4) is 28.8 Å². The van der Waals surface area contributed by atoms with Crippen molar-refractivity contribution in [1.82, 2.24) is 19.3 Å². The lowest BCUT2D eigenvalue weighted by Crippen LogP contribution is -2.03. The van der Waals surface area contributed by atoms with Gasteiger partial charge in [-0.1, -0.05) is 47.6 Å². The van der Waals surface area contributed by atoms with Gasteiger partial charge in [-0.25, -0.2) is 4.98 Å². The average Bonchev–Trinajstić information content (AvgIpc) is 3.42. The van der Waals surface area contributed by atoms with Crippen LogP contribution in [0, 0.1) is 11.3 Å². The molecule has 0 aliphatic heterocycles. The molecule has 1 fully saturated rings. The number of nitriles is 1. The van der Waals surface area contributed by atoms with Gasteiger partial charge in [0, 0.05) is 29.1 Å². The highest BCUT2D eigenvalue weighted by atomic mass is 35.5. The molecule has 1 saturated carbocycles. The maximum absolute atomic E-state index is 9.13. The molecule has 7 heteroatoms. The van der Waals surface area contributed by atoms with Gasteiger partial charge in [0.25, 0.3) is 0 Å². The summed E-state index contributed by atoms with van der Waals surface area (Å²) in [6, 6.07) is 12.4. The van der Waals surface area contributed by atoms with Crippen LogP contribution in [0.2, 0.25) is 0 Å². The molecule has 150 valence electrons. The van der Waals surface area contributed by atoms with Crippen molar-refractivity contribution >= 4 is 23.4 Å². The molecule has 5 nitrogen and oxygen atoms in total. The lowest BCUT2D eigenvalue weighted by atomic mass is 10.1. The summed E-state index contributed by atoms with van der Waals surface area (Å²) in [4.78, 5) is 5.00. The van der Waals surface area contributed by atoms with Crippen LogP contribution in [0.25, 0.3) is 22.8 Å². The molecule has 30 heavy (non-hydrogen) atoms. The molecule has 2 aromatic heterocycles. The predicted octanol–water partition coefficient (Wildman–Crippen LogP) is 5.70. The quantitative estimate of drug-likeness (QED) is 0.517. The third-order valence-electron chi connectivity index (χ3n) is 5.37. The molecule has 0 bridgehead atoms. The van der Waals surface area contributed by atoms with Crippen LogP contribution in [0.4, 0.5) is 0 Å². The smallest absolute Gasteiger partial charge is 0.161 e. The Morgan fingerprint density at radius 1 is 1.20 bits per heavy atom. The third kappa shape index (κ3) is 3.71. The van der Waals surface area contributed by atoms with E-state index in [0.717, 1.165) is 39.3 Å². The molecule has 0 saturated heterocycles. The topological polar surface area (TPSA) is 59.4 Å². The van der Waals surface area contributed by atoms with Gasteiger partial charge in [-0.3, -0.25) is 4.68 Å². The number of hydrogen-bond donors (Lipinski definition) is 0. The number of rotatable bonds is 5. The van der Waals surface area contributed by atoms with Crippen LogP contribution in [0.15, 0.2) is 64.8 Å². The fourth-order valence-electron chi connectivity index (χ4n) is 3.54. The fourth-order valence-corrected chi connectivity index (χ4v) is 4.86. The Morgan fingerprint density at radius 3 is 2.67 bits per heavy atom. The van der Waals surface area contributed by atoms with Crippen molar-refractivity contribution in [2.24, 2.45) is 7.05 Å². The van der Waals surface area contributed by atoms with Crippen LogP contribution in [0.1, 0.15) is 30.9 Å². The van der Waals surface area contributed by atoms with Crippen LogP contribution in [-0.2, 0) is 7.05 Å². The van der Waals surface area contributed by atoms with Gasteiger partial charge in [0.2, 0.25) is 0 Å². The maximum atomic E-state index is 9.13. The summed E-state index contributed by atoms with van der Waals surface area (Å²) < 4.78 is 4.18. The SMILES string of the molecule is Cn1c(-c2ccn(C3CC3)n2)nc(-c2ccc(C#N)cc2)c1SC1C=CC(Cl)=CC1. The van der Waals surface area contributed by atoms with Crippen LogP contribution in [-0.4, -0.2) is 24.6 Å². The van der Waals surface area contributed by atoms with E-state index >= 15 is 0 Å². The van der Waals surface area contributed by atoms with Gasteiger partial charge < -0.3 is 4.57 Å². The first-order valence-electron chi connectivity index (χ1n) is 9.95. The monoisotopic (exact) mass is 433 g/mol. The zero-order chi connectivity index (χ0) is 20.7. The highest BCUT2D eigenvalue weighted by Crippen LogP contribution is 2.40. The number of imidazole rings is 1. The molecule has 0 radical (unpaired) electrons. The Labute approximate surface area is 184 Å². The second kappa shape index (κ2) is 7.82. The average molecular weight is 434 g/mol. The predicted molar refractivity (Wildman–Crippen MR) is 120 cm³/mol. The highest BCUT2D eigenvalue weighted by Gasteiger charge is 2.26. The van der Waals surface area contributed by atoms with E-state index in [2.05, 4.69) is 27.5 Å². The van der Waals surface area contributed by atoms with Crippen molar-refractivity contribution in [3.05, 3.63) is 65.4 Å². The normalized spacial score (nSPS) is 18.3. The van der Waals surface area contributed by atoms with Crippen molar-refractivity contribution in [1.29, 1.82) is 5.26 Å². The number of nitrogens with zero attached hydrogens (tertiary/aromatic N) is 5. The van der Waals surface area contributed by atoms with E-state index in [-0.39, 0.29) is 5.25 Å². The van der Waals surface area contributed by atoms with Crippen molar-refractivity contribution in [2.45, 2.75) is 35.6 Å². The van der Waals surface area contributed by atoms with Gasteiger partial charge in [0.15, 0.2) is 5.82 Å². The summed E-state index contributed by atoms with van der Waals surface area (Å²) in [6.07, 6.45) is 11.5. The number of aromatic nitrogens is 4. The fraction of sp³-hybridized carbons (Fsp3) is 0.261. The molecular formula is C23H20ClN5S. The molecule has 1 unspecified atom stereocenters. The Morgan fingerprint density at radius 2 is 2.00 bits per heavy atom. The lowest BCUT2D eigenvalue weighted by molar-refractivity contribution is 0.641. The molecule has 0 N–H and O–H groups in total. The summed E-state index contributed by atoms with van der Waals surface area (Å²) in [5.74, 6) is 0.852. The van der Waals surface area contributed by atoms with E-state index in [1.54, 1.807) is 11.8 Å². The zero-order valence-electron chi connectivity index (χ0n) is 16.5. The maximum Gasteiger partial charge on any atom is 0.161 e. The molecule has 3 aromatic rings. The number of allylic oxidation sites excluding steroid dienone is 3. The van der Waals surface area contributed by atoms with Crippen LogP contribution in [0.5, 0.6) is 0 Å². The molecule has 0 spiro atoms. The minimum absolute atomic E-state index is 0.289. The number of thioether (sulfide) groups is 1. The lowest BCUT2D eigenvalue weighted by Gasteiger charge is -2.15. The summed E-state index contributed by atoms with van der Waals surface area (Å²) in [7, 11) is 2.04. The molecule has 1 aromatic carbocycles. The number of hydrogen-bond acceptors (Lipinski definition) is 4. The molecule has 2 aliphatic carbocycles. The van der Waals surface area contributed by atoms with Crippen molar-refractivity contribution < 1.29 is 0 Å². The Balaban J connectivity index is 1.55. The highest BCUT2D eigenvalue weighted by molar-refractivity contribution is 8.00.